The van der Waals surface area contributed by atoms with E-state index in [2.05, 4.69) is 6.58 Å². The predicted octanol–water partition coefficient (Wildman–Crippen LogP) is -1.43. The second-order valence-electron chi connectivity index (χ2n) is 6.87. The van der Waals surface area contributed by atoms with Crippen molar-refractivity contribution in [1.82, 2.24) is 0 Å². The van der Waals surface area contributed by atoms with Crippen molar-refractivity contribution in [3.05, 3.63) is 81.7 Å². The number of fused-ring (bicyclic) bond motifs is 2. The van der Waals surface area contributed by atoms with Gasteiger partial charge in [0.2, 0.25) is 0 Å². The van der Waals surface area contributed by atoms with Gasteiger partial charge in [-0.05, 0) is 42.0 Å². The zero-order valence-corrected chi connectivity index (χ0v) is 20.2. The van der Waals surface area contributed by atoms with Crippen molar-refractivity contribution in [2.45, 2.75) is 16.7 Å². The Morgan fingerprint density at radius 3 is 2.13 bits per heavy atom. The molecule has 3 aromatic rings. The molecule has 1 aliphatic rings. The predicted molar refractivity (Wildman–Crippen MR) is 106 cm³/mol. The van der Waals surface area contributed by atoms with Crippen molar-refractivity contribution in [3.63, 3.8) is 0 Å². The van der Waals surface area contributed by atoms with Gasteiger partial charge in [-0.15, -0.1) is 0 Å². The molecule has 3 aromatic carbocycles. The molecule has 0 saturated heterocycles. The van der Waals surface area contributed by atoms with Gasteiger partial charge < -0.3 is 13.8 Å². The maximum absolute atomic E-state index is 12.0. The van der Waals surface area contributed by atoms with Gasteiger partial charge in [-0.2, -0.15) is 0 Å². The molecule has 4 rings (SSSR count). The summed E-state index contributed by atoms with van der Waals surface area (Å²) in [4.78, 5) is -1.60. The minimum atomic E-state index is -5.11. The zero-order valence-electron chi connectivity index (χ0n) is 16.6. The fourth-order valence-corrected chi connectivity index (χ4v) is 4.69. The van der Waals surface area contributed by atoms with Crippen molar-refractivity contribution in [2.75, 3.05) is 0 Å². The van der Waals surface area contributed by atoms with Crippen molar-refractivity contribution in [1.29, 1.82) is 0 Å². The molecule has 7 nitrogen and oxygen atoms in total. The Morgan fingerprint density at radius 2 is 1.48 bits per heavy atom. The third-order valence-electron chi connectivity index (χ3n) is 4.72. The van der Waals surface area contributed by atoms with Crippen molar-refractivity contribution >= 4 is 32.4 Å². The quantitative estimate of drug-likeness (QED) is 0.268. The smallest absolute Gasteiger partial charge is 0.744 e. The maximum Gasteiger partial charge on any atom is 1.00 e. The fraction of sp³-hybridized carbons (Fsp3) is 0.0476. The third kappa shape index (κ3) is 4.49. The van der Waals surface area contributed by atoms with Gasteiger partial charge in [0.1, 0.15) is 31.7 Å². The Hall–Kier alpha value is -1.98. The number of benzene rings is 3. The van der Waals surface area contributed by atoms with E-state index >= 15 is 0 Å². The van der Waals surface area contributed by atoms with Gasteiger partial charge in [0.15, 0.2) is 0 Å². The van der Waals surface area contributed by atoms with E-state index in [-0.39, 0.29) is 35.1 Å². The van der Waals surface area contributed by atoms with Crippen molar-refractivity contribution in [3.8, 4) is 11.5 Å². The first-order valence-electron chi connectivity index (χ1n) is 8.63. The van der Waals surface area contributed by atoms with E-state index in [9.17, 15) is 25.9 Å². The molecule has 10 heteroatoms. The molecule has 154 valence electrons. The van der Waals surface area contributed by atoms with E-state index < -0.39 is 30.0 Å². The second kappa shape index (κ2) is 8.18. The normalized spacial score (nSPS) is 12.9. The molecule has 0 radical (unpaired) electrons. The van der Waals surface area contributed by atoms with E-state index in [0.29, 0.717) is 39.1 Å². The van der Waals surface area contributed by atoms with Crippen LogP contribution in [0.15, 0.2) is 64.4 Å². The molecular formula is C21H14NaO7S2-. The van der Waals surface area contributed by atoms with Crippen LogP contribution >= 0.6 is 0 Å². The minimum absolute atomic E-state index is 0. The summed E-state index contributed by atoms with van der Waals surface area (Å²) < 4.78 is 76.1. The maximum atomic E-state index is 12.0. The van der Waals surface area contributed by atoms with Gasteiger partial charge in [-0.1, -0.05) is 36.9 Å². The molecule has 0 aromatic heterocycles. The number of ether oxygens (including phenoxy) is 1. The van der Waals surface area contributed by atoms with E-state index in [0.717, 1.165) is 17.7 Å². The standard InChI is InChI=1S/C21H16O7S2.Na/c1-12-3-6-15-18(9-12)28-19-10-13(2)4-7-16(19)21(15)17-8-5-14(29(22,23)24)11-20(17)30(25,26)27;/h3-11H,1H2,2H3,(H,22,23,24)(H,25,26,27);/q;+1/p-2. The van der Waals surface area contributed by atoms with Gasteiger partial charge in [0, 0.05) is 21.9 Å². The number of hydrogen-bond donors (Lipinski definition) is 0. The monoisotopic (exact) mass is 465 g/mol. The van der Waals surface area contributed by atoms with Crippen LogP contribution in [0.2, 0.25) is 0 Å². The average Bonchev–Trinajstić information content (AvgIpc) is 2.64. The van der Waals surface area contributed by atoms with Crippen LogP contribution in [0.3, 0.4) is 0 Å². The van der Waals surface area contributed by atoms with Gasteiger partial charge in [0.05, 0.1) is 9.79 Å². The molecule has 31 heavy (non-hydrogen) atoms. The van der Waals surface area contributed by atoms with Crippen LogP contribution in [0.4, 0.5) is 0 Å². The third-order valence-corrected chi connectivity index (χ3v) is 6.43. The number of hydrogen-bond acceptors (Lipinski definition) is 7. The minimum Gasteiger partial charge on any atom is -0.744 e. The van der Waals surface area contributed by atoms with Crippen LogP contribution < -0.4 is 44.7 Å². The molecule has 0 fully saturated rings. The summed E-state index contributed by atoms with van der Waals surface area (Å²) in [5.41, 5.74) is 1.76. The Balaban J connectivity index is 0.00000272. The topological polar surface area (TPSA) is 124 Å². The summed E-state index contributed by atoms with van der Waals surface area (Å²) in [5, 5.41) is 1.16. The molecule has 0 amide bonds. The first-order valence-corrected chi connectivity index (χ1v) is 11.5. The van der Waals surface area contributed by atoms with Gasteiger partial charge >= 0.3 is 29.6 Å². The van der Waals surface area contributed by atoms with Gasteiger partial charge in [-0.3, -0.25) is 0 Å². The first kappa shape index (κ1) is 23.7. The summed E-state index contributed by atoms with van der Waals surface area (Å²) >= 11 is 0. The van der Waals surface area contributed by atoms with Crippen LogP contribution in [0, 0.1) is 6.92 Å². The van der Waals surface area contributed by atoms with Crippen LogP contribution in [0.5, 0.6) is 11.5 Å². The zero-order chi connectivity index (χ0) is 21.8. The van der Waals surface area contributed by atoms with Crippen LogP contribution in [-0.2, 0) is 20.2 Å². The molecule has 0 atom stereocenters. The summed E-state index contributed by atoms with van der Waals surface area (Å²) in [6.07, 6.45) is 0. The Labute approximate surface area is 201 Å². The van der Waals surface area contributed by atoms with E-state index in [1.165, 1.54) is 0 Å². The van der Waals surface area contributed by atoms with E-state index in [1.54, 1.807) is 36.4 Å². The summed E-state index contributed by atoms with van der Waals surface area (Å²) in [5.74, 6) is 0.850. The summed E-state index contributed by atoms with van der Waals surface area (Å²) in [7, 11) is -10.1. The Bertz CT molecular complexity index is 1540. The molecule has 1 aliphatic heterocycles. The second-order valence-corrected chi connectivity index (χ2v) is 9.60. The average molecular weight is 465 g/mol. The largest absolute Gasteiger partial charge is 1.00 e. The molecule has 0 saturated carbocycles. The Kier molecular flexibility index (Phi) is 6.25. The van der Waals surface area contributed by atoms with E-state index in [4.69, 9.17) is 4.74 Å². The molecule has 0 spiro atoms. The van der Waals surface area contributed by atoms with E-state index in [1.807, 2.05) is 6.92 Å². The number of rotatable bonds is 3. The molecular weight excluding hydrogens is 451 g/mol. The molecule has 0 unspecified atom stereocenters. The summed E-state index contributed by atoms with van der Waals surface area (Å²) in [6, 6.07) is 13.1. The van der Waals surface area contributed by atoms with Crippen LogP contribution in [-0.4, -0.2) is 25.9 Å². The first-order chi connectivity index (χ1) is 13.9. The molecule has 0 bridgehead atoms. The Morgan fingerprint density at radius 1 is 0.806 bits per heavy atom. The van der Waals surface area contributed by atoms with Gasteiger partial charge in [-0.25, -0.2) is 16.8 Å². The molecule has 1 heterocycles. The fourth-order valence-electron chi connectivity index (χ4n) is 3.40. The van der Waals surface area contributed by atoms with Crippen LogP contribution in [0.1, 0.15) is 16.7 Å². The van der Waals surface area contributed by atoms with Crippen molar-refractivity contribution in [2.24, 2.45) is 0 Å². The van der Waals surface area contributed by atoms with Crippen LogP contribution in [0.25, 0.3) is 12.2 Å². The van der Waals surface area contributed by atoms with Gasteiger partial charge in [0.25, 0.3) is 0 Å². The SMILES string of the molecule is C=c1ccc2c(c1)Oc1cc(C)ccc1C=2c1ccc(S(=O)(=O)[O-])cc1S(=O)(=O)[O-].[Na+]. The molecule has 0 aliphatic carbocycles. The number of aryl methyl sites for hydroxylation is 1. The molecule has 0 N–H and O–H groups in total. The van der Waals surface area contributed by atoms with Crippen molar-refractivity contribution < 1.29 is 60.2 Å². The summed E-state index contributed by atoms with van der Waals surface area (Å²) in [6.45, 7) is 5.72.